The lowest BCUT2D eigenvalue weighted by Gasteiger charge is -2.36. The molecule has 19 heavy (non-hydrogen) atoms. The number of aromatic nitrogens is 2. The Balaban J connectivity index is 2.08. The number of hydrogen-bond acceptors (Lipinski definition) is 2. The fraction of sp³-hybridized carbons (Fsp3) is 0.462. The van der Waals surface area contributed by atoms with E-state index in [-0.39, 0.29) is 5.82 Å². The molecule has 0 unspecified atom stereocenters. The summed E-state index contributed by atoms with van der Waals surface area (Å²) in [4.78, 5) is 4.42. The fourth-order valence-corrected chi connectivity index (χ4v) is 3.10. The number of methoxy groups -OCH3 is 1. The Morgan fingerprint density at radius 2 is 2.26 bits per heavy atom. The summed E-state index contributed by atoms with van der Waals surface area (Å²) < 4.78 is 21.4. The Morgan fingerprint density at radius 3 is 2.89 bits per heavy atom. The first kappa shape index (κ1) is 13.3. The van der Waals surface area contributed by atoms with Crippen molar-refractivity contribution in [2.24, 2.45) is 0 Å². The Bertz CT molecular complexity index is 625. The molecule has 102 valence electrons. The van der Waals surface area contributed by atoms with Crippen molar-refractivity contribution >= 4 is 38.6 Å². The number of halogens is 3. The van der Waals surface area contributed by atoms with Crippen molar-refractivity contribution in [2.45, 2.75) is 30.9 Å². The van der Waals surface area contributed by atoms with Crippen LogP contribution in [0.2, 0.25) is 0 Å². The number of imidazole rings is 1. The van der Waals surface area contributed by atoms with Crippen LogP contribution < -0.4 is 0 Å². The molecule has 0 amide bonds. The molecule has 1 heterocycles. The third-order valence-electron chi connectivity index (χ3n) is 3.69. The van der Waals surface area contributed by atoms with E-state index in [0.29, 0.717) is 28.0 Å². The predicted molar refractivity (Wildman–Crippen MR) is 76.0 cm³/mol. The largest absolute Gasteiger partial charge is 0.381 e. The SMILES string of the molecule is COC1CC(n2c(CCl)nc3cc(F)c(Br)cc32)C1. The van der Waals surface area contributed by atoms with Gasteiger partial charge in [-0.15, -0.1) is 11.6 Å². The van der Waals surface area contributed by atoms with Crippen LogP contribution in [-0.2, 0) is 10.6 Å². The Labute approximate surface area is 123 Å². The molecule has 0 saturated heterocycles. The summed E-state index contributed by atoms with van der Waals surface area (Å²) in [5.74, 6) is 0.803. The standard InChI is InChI=1S/C13H13BrClFN2O/c1-19-8-2-7(3-8)18-12-4-9(14)10(16)5-11(12)17-13(18)6-15/h4-5,7-8H,2-3,6H2,1H3. The minimum atomic E-state index is -0.304. The number of fused-ring (bicyclic) bond motifs is 1. The number of alkyl halides is 1. The van der Waals surface area contributed by atoms with E-state index in [2.05, 4.69) is 25.5 Å². The highest BCUT2D eigenvalue weighted by atomic mass is 79.9. The molecule has 1 fully saturated rings. The van der Waals surface area contributed by atoms with E-state index in [4.69, 9.17) is 16.3 Å². The van der Waals surface area contributed by atoms with Gasteiger partial charge < -0.3 is 9.30 Å². The Hall–Kier alpha value is -0.650. The maximum absolute atomic E-state index is 13.6. The number of benzene rings is 1. The molecule has 3 rings (SSSR count). The van der Waals surface area contributed by atoms with Gasteiger partial charge in [0.05, 0.1) is 27.5 Å². The summed E-state index contributed by atoms with van der Waals surface area (Å²) in [5, 5.41) is 0. The van der Waals surface area contributed by atoms with Crippen LogP contribution in [0.15, 0.2) is 16.6 Å². The second-order valence-electron chi connectivity index (χ2n) is 4.77. The summed E-state index contributed by atoms with van der Waals surface area (Å²) in [5.41, 5.74) is 1.57. The van der Waals surface area contributed by atoms with Crippen LogP contribution in [0.1, 0.15) is 24.7 Å². The Morgan fingerprint density at radius 1 is 1.53 bits per heavy atom. The Kier molecular flexibility index (Phi) is 3.53. The summed E-state index contributed by atoms with van der Waals surface area (Å²) in [6.07, 6.45) is 2.19. The van der Waals surface area contributed by atoms with Gasteiger partial charge in [0.25, 0.3) is 0 Å². The summed E-state index contributed by atoms with van der Waals surface area (Å²) in [6.45, 7) is 0. The second kappa shape index (κ2) is 5.04. The van der Waals surface area contributed by atoms with Crippen LogP contribution in [-0.4, -0.2) is 22.8 Å². The number of ether oxygens (including phenoxy) is 1. The molecule has 0 aliphatic heterocycles. The van der Waals surface area contributed by atoms with E-state index in [1.807, 2.05) is 0 Å². The zero-order valence-corrected chi connectivity index (χ0v) is 12.7. The van der Waals surface area contributed by atoms with Gasteiger partial charge in [0, 0.05) is 19.2 Å². The van der Waals surface area contributed by atoms with Gasteiger partial charge in [0.15, 0.2) is 0 Å². The highest BCUT2D eigenvalue weighted by molar-refractivity contribution is 9.10. The lowest BCUT2D eigenvalue weighted by atomic mass is 9.89. The van der Waals surface area contributed by atoms with Gasteiger partial charge >= 0.3 is 0 Å². The predicted octanol–water partition coefficient (Wildman–Crippen LogP) is 4.03. The normalized spacial score (nSPS) is 22.7. The molecule has 1 aliphatic carbocycles. The van der Waals surface area contributed by atoms with E-state index in [1.54, 1.807) is 13.2 Å². The van der Waals surface area contributed by atoms with E-state index in [0.717, 1.165) is 24.2 Å². The van der Waals surface area contributed by atoms with Crippen molar-refractivity contribution in [1.29, 1.82) is 0 Å². The maximum atomic E-state index is 13.6. The van der Waals surface area contributed by atoms with Crippen LogP contribution in [0.4, 0.5) is 4.39 Å². The summed E-state index contributed by atoms with van der Waals surface area (Å²) in [7, 11) is 1.72. The van der Waals surface area contributed by atoms with E-state index in [9.17, 15) is 4.39 Å². The van der Waals surface area contributed by atoms with Gasteiger partial charge in [0.2, 0.25) is 0 Å². The van der Waals surface area contributed by atoms with Gasteiger partial charge in [-0.3, -0.25) is 0 Å². The average molecular weight is 348 g/mol. The summed E-state index contributed by atoms with van der Waals surface area (Å²) >= 11 is 9.18. The molecule has 1 aromatic heterocycles. The molecule has 0 N–H and O–H groups in total. The molecule has 1 aromatic carbocycles. The molecule has 1 saturated carbocycles. The van der Waals surface area contributed by atoms with E-state index in [1.165, 1.54) is 6.07 Å². The summed E-state index contributed by atoms with van der Waals surface area (Å²) in [6, 6.07) is 3.55. The van der Waals surface area contributed by atoms with Crippen molar-refractivity contribution in [3.8, 4) is 0 Å². The van der Waals surface area contributed by atoms with Crippen LogP contribution in [0, 0.1) is 5.82 Å². The zero-order chi connectivity index (χ0) is 13.6. The van der Waals surface area contributed by atoms with Crippen molar-refractivity contribution in [3.63, 3.8) is 0 Å². The number of hydrogen-bond donors (Lipinski definition) is 0. The quantitative estimate of drug-likeness (QED) is 0.784. The molecular formula is C13H13BrClFN2O. The van der Waals surface area contributed by atoms with Gasteiger partial charge in [-0.2, -0.15) is 0 Å². The smallest absolute Gasteiger partial charge is 0.139 e. The molecule has 1 aliphatic rings. The highest BCUT2D eigenvalue weighted by Gasteiger charge is 2.33. The first-order chi connectivity index (χ1) is 9.13. The number of nitrogens with zero attached hydrogens (tertiary/aromatic N) is 2. The molecule has 0 bridgehead atoms. The van der Waals surface area contributed by atoms with Crippen LogP contribution in [0.3, 0.4) is 0 Å². The van der Waals surface area contributed by atoms with Gasteiger partial charge in [-0.25, -0.2) is 9.37 Å². The van der Waals surface area contributed by atoms with Crippen LogP contribution in [0.25, 0.3) is 11.0 Å². The third kappa shape index (κ3) is 2.18. The molecule has 0 spiro atoms. The maximum Gasteiger partial charge on any atom is 0.139 e. The van der Waals surface area contributed by atoms with Gasteiger partial charge in [-0.05, 0) is 34.8 Å². The lowest BCUT2D eigenvalue weighted by Crippen LogP contribution is -2.33. The van der Waals surface area contributed by atoms with Crippen molar-refractivity contribution in [1.82, 2.24) is 9.55 Å². The lowest BCUT2D eigenvalue weighted by molar-refractivity contribution is 0.00675. The monoisotopic (exact) mass is 346 g/mol. The topological polar surface area (TPSA) is 27.1 Å². The second-order valence-corrected chi connectivity index (χ2v) is 5.89. The molecule has 3 nitrogen and oxygen atoms in total. The molecule has 0 radical (unpaired) electrons. The minimum Gasteiger partial charge on any atom is -0.381 e. The first-order valence-corrected chi connectivity index (χ1v) is 7.41. The van der Waals surface area contributed by atoms with E-state index < -0.39 is 0 Å². The van der Waals surface area contributed by atoms with Crippen molar-refractivity contribution in [2.75, 3.05) is 7.11 Å². The zero-order valence-electron chi connectivity index (χ0n) is 10.4. The van der Waals surface area contributed by atoms with Gasteiger partial charge in [-0.1, -0.05) is 0 Å². The highest BCUT2D eigenvalue weighted by Crippen LogP contribution is 2.38. The molecule has 0 atom stereocenters. The van der Waals surface area contributed by atoms with Crippen LogP contribution >= 0.6 is 27.5 Å². The minimum absolute atomic E-state index is 0.300. The molecular weight excluding hydrogens is 335 g/mol. The van der Waals surface area contributed by atoms with Crippen molar-refractivity contribution < 1.29 is 9.13 Å². The van der Waals surface area contributed by atoms with Crippen molar-refractivity contribution in [3.05, 3.63) is 28.2 Å². The van der Waals surface area contributed by atoms with E-state index >= 15 is 0 Å². The average Bonchev–Trinajstić information content (AvgIpc) is 2.67. The third-order valence-corrected chi connectivity index (χ3v) is 4.54. The fourth-order valence-electron chi connectivity index (χ4n) is 2.58. The first-order valence-electron chi connectivity index (χ1n) is 6.08. The number of rotatable bonds is 3. The molecule has 6 heteroatoms. The van der Waals surface area contributed by atoms with Crippen LogP contribution in [0.5, 0.6) is 0 Å². The van der Waals surface area contributed by atoms with Gasteiger partial charge in [0.1, 0.15) is 11.6 Å². The molecule has 2 aromatic rings.